The van der Waals surface area contributed by atoms with Crippen molar-refractivity contribution < 1.29 is 14.3 Å². The van der Waals surface area contributed by atoms with Crippen molar-refractivity contribution in [1.82, 2.24) is 10.2 Å². The van der Waals surface area contributed by atoms with Crippen LogP contribution in [0.4, 0.5) is 10.5 Å². The second-order valence-electron chi connectivity index (χ2n) is 8.37. The van der Waals surface area contributed by atoms with Gasteiger partial charge in [0.05, 0.1) is 25.4 Å². The highest BCUT2D eigenvalue weighted by Gasteiger charge is 2.38. The van der Waals surface area contributed by atoms with Crippen LogP contribution in [0.2, 0.25) is 0 Å². The van der Waals surface area contributed by atoms with Gasteiger partial charge >= 0.3 is 6.03 Å². The van der Waals surface area contributed by atoms with E-state index in [9.17, 15) is 9.59 Å². The van der Waals surface area contributed by atoms with Crippen LogP contribution in [0.1, 0.15) is 31.4 Å². The summed E-state index contributed by atoms with van der Waals surface area (Å²) in [6, 6.07) is 15.3. The Morgan fingerprint density at radius 2 is 1.87 bits per heavy atom. The number of rotatable bonds is 5. The zero-order valence-electron chi connectivity index (χ0n) is 18.3. The summed E-state index contributed by atoms with van der Waals surface area (Å²) >= 11 is 0. The Morgan fingerprint density at radius 1 is 1.13 bits per heavy atom. The van der Waals surface area contributed by atoms with Gasteiger partial charge in [0, 0.05) is 6.54 Å². The molecule has 2 aromatic carbocycles. The number of carbonyl (C=O) groups is 2. The van der Waals surface area contributed by atoms with Gasteiger partial charge in [-0.15, -0.1) is 0 Å². The number of carbonyl (C=O) groups excluding carboxylic acids is 2. The molecule has 0 fully saturated rings. The number of amides is 3. The molecule has 4 rings (SSSR count). The molecule has 1 unspecified atom stereocenters. The van der Waals surface area contributed by atoms with Gasteiger partial charge in [0.2, 0.25) is 5.91 Å². The lowest BCUT2D eigenvalue weighted by Gasteiger charge is -2.40. The van der Waals surface area contributed by atoms with Gasteiger partial charge in [-0.05, 0) is 53.2 Å². The number of ether oxygens (including phenoxy) is 1. The van der Waals surface area contributed by atoms with E-state index in [1.54, 1.807) is 19.2 Å². The predicted molar refractivity (Wildman–Crippen MR) is 122 cm³/mol. The Balaban J connectivity index is 1.42. The Kier molecular flexibility index (Phi) is 5.98. The third-order valence-corrected chi connectivity index (χ3v) is 6.11. The molecule has 1 heterocycles. The summed E-state index contributed by atoms with van der Waals surface area (Å²) in [6.45, 7) is 4.95. The van der Waals surface area contributed by atoms with Crippen molar-refractivity contribution in [2.75, 3.05) is 25.5 Å². The number of para-hydroxylation sites is 2. The SMILES string of the molecule is COc1ccccc1NC(=O)NCC(=O)N1CCC2=C(Cc3ccccc32)C1C(C)C. The molecular weight excluding hydrogens is 390 g/mol. The molecule has 6 nitrogen and oxygen atoms in total. The van der Waals surface area contributed by atoms with Crippen molar-refractivity contribution >= 4 is 23.2 Å². The fraction of sp³-hybridized carbons (Fsp3) is 0.360. The summed E-state index contributed by atoms with van der Waals surface area (Å²) < 4.78 is 5.25. The first-order valence-electron chi connectivity index (χ1n) is 10.8. The maximum Gasteiger partial charge on any atom is 0.319 e. The van der Waals surface area contributed by atoms with E-state index in [1.165, 1.54) is 22.3 Å². The molecule has 0 spiro atoms. The van der Waals surface area contributed by atoms with Gasteiger partial charge < -0.3 is 20.3 Å². The molecule has 2 aliphatic rings. The number of hydrogen-bond donors (Lipinski definition) is 2. The van der Waals surface area contributed by atoms with Crippen LogP contribution in [0.15, 0.2) is 54.1 Å². The zero-order valence-corrected chi connectivity index (χ0v) is 18.3. The summed E-state index contributed by atoms with van der Waals surface area (Å²) in [5.41, 5.74) is 6.01. The molecule has 0 radical (unpaired) electrons. The molecule has 162 valence electrons. The average molecular weight is 420 g/mol. The van der Waals surface area contributed by atoms with Gasteiger partial charge in [-0.3, -0.25) is 4.79 Å². The minimum absolute atomic E-state index is 0.0419. The van der Waals surface area contributed by atoms with Crippen LogP contribution in [0.3, 0.4) is 0 Å². The smallest absolute Gasteiger partial charge is 0.319 e. The van der Waals surface area contributed by atoms with Crippen LogP contribution in [-0.4, -0.2) is 43.1 Å². The fourth-order valence-electron chi connectivity index (χ4n) is 4.81. The molecule has 6 heteroatoms. The summed E-state index contributed by atoms with van der Waals surface area (Å²) in [7, 11) is 1.55. The second-order valence-corrected chi connectivity index (χ2v) is 8.37. The van der Waals surface area contributed by atoms with Crippen LogP contribution in [0.5, 0.6) is 5.75 Å². The van der Waals surface area contributed by atoms with E-state index < -0.39 is 6.03 Å². The zero-order chi connectivity index (χ0) is 22.0. The minimum atomic E-state index is -0.427. The highest BCUT2D eigenvalue weighted by atomic mass is 16.5. The predicted octanol–water partition coefficient (Wildman–Crippen LogP) is 4.08. The quantitative estimate of drug-likeness (QED) is 0.767. The molecule has 2 N–H and O–H groups in total. The number of fused-ring (bicyclic) bond motifs is 2. The Morgan fingerprint density at radius 3 is 2.65 bits per heavy atom. The number of anilines is 1. The number of nitrogens with zero attached hydrogens (tertiary/aromatic N) is 1. The highest BCUT2D eigenvalue weighted by molar-refractivity contribution is 5.94. The van der Waals surface area contributed by atoms with E-state index in [4.69, 9.17) is 4.74 Å². The lowest BCUT2D eigenvalue weighted by atomic mass is 9.86. The molecule has 31 heavy (non-hydrogen) atoms. The van der Waals surface area contributed by atoms with Gasteiger partial charge in [-0.25, -0.2) is 4.79 Å². The molecule has 0 bridgehead atoms. The molecular formula is C25H29N3O3. The Bertz CT molecular complexity index is 1030. The van der Waals surface area contributed by atoms with E-state index in [2.05, 4.69) is 48.7 Å². The summed E-state index contributed by atoms with van der Waals surface area (Å²) in [5, 5.41) is 5.45. The molecule has 0 aromatic heterocycles. The van der Waals surface area contributed by atoms with E-state index in [1.807, 2.05) is 17.0 Å². The van der Waals surface area contributed by atoms with E-state index in [-0.39, 0.29) is 18.5 Å². The van der Waals surface area contributed by atoms with Crippen molar-refractivity contribution in [2.24, 2.45) is 5.92 Å². The van der Waals surface area contributed by atoms with Crippen molar-refractivity contribution in [3.05, 3.63) is 65.2 Å². The number of nitrogens with one attached hydrogen (secondary N) is 2. The van der Waals surface area contributed by atoms with Crippen LogP contribution in [0.25, 0.3) is 5.57 Å². The van der Waals surface area contributed by atoms with Crippen molar-refractivity contribution in [1.29, 1.82) is 0 Å². The molecule has 0 saturated heterocycles. The van der Waals surface area contributed by atoms with Crippen molar-refractivity contribution in [3.8, 4) is 5.75 Å². The third kappa shape index (κ3) is 4.15. The topological polar surface area (TPSA) is 70.7 Å². The summed E-state index contributed by atoms with van der Waals surface area (Å²) in [5.74, 6) is 0.808. The number of benzene rings is 2. The van der Waals surface area contributed by atoms with Crippen molar-refractivity contribution in [3.63, 3.8) is 0 Å². The molecule has 3 amide bonds. The van der Waals surface area contributed by atoms with E-state index in [0.717, 1.165) is 12.8 Å². The molecule has 1 aliphatic heterocycles. The standard InChI is InChI=1S/C25H29N3O3/c1-16(2)24-20-14-17-8-4-5-9-18(17)19(20)12-13-28(24)23(29)15-26-25(30)27-21-10-6-7-11-22(21)31-3/h4-11,16,24H,12-15H2,1-3H3,(H2,26,27,30). The van der Waals surface area contributed by atoms with Crippen LogP contribution < -0.4 is 15.4 Å². The van der Waals surface area contributed by atoms with Gasteiger partial charge in [0.15, 0.2) is 0 Å². The van der Waals surface area contributed by atoms with Gasteiger partial charge in [-0.1, -0.05) is 50.2 Å². The van der Waals surface area contributed by atoms with E-state index in [0.29, 0.717) is 23.9 Å². The average Bonchev–Trinajstić information content (AvgIpc) is 3.15. The van der Waals surface area contributed by atoms with Gasteiger partial charge in [0.1, 0.15) is 5.75 Å². The fourth-order valence-corrected chi connectivity index (χ4v) is 4.81. The first-order valence-corrected chi connectivity index (χ1v) is 10.8. The van der Waals surface area contributed by atoms with Crippen LogP contribution in [-0.2, 0) is 11.2 Å². The van der Waals surface area contributed by atoms with Crippen molar-refractivity contribution in [2.45, 2.75) is 32.7 Å². The molecule has 0 saturated carbocycles. The maximum absolute atomic E-state index is 13.1. The van der Waals surface area contributed by atoms with Crippen LogP contribution >= 0.6 is 0 Å². The normalized spacial score (nSPS) is 17.3. The first-order chi connectivity index (χ1) is 15.0. The first kappa shape index (κ1) is 21.0. The highest BCUT2D eigenvalue weighted by Crippen LogP contribution is 2.42. The van der Waals surface area contributed by atoms with Gasteiger partial charge in [-0.2, -0.15) is 0 Å². The monoisotopic (exact) mass is 419 g/mol. The maximum atomic E-state index is 13.1. The molecule has 1 atom stereocenters. The lowest BCUT2D eigenvalue weighted by Crippen LogP contribution is -2.51. The lowest BCUT2D eigenvalue weighted by molar-refractivity contribution is -0.132. The van der Waals surface area contributed by atoms with Crippen LogP contribution in [0, 0.1) is 5.92 Å². The van der Waals surface area contributed by atoms with E-state index >= 15 is 0 Å². The number of urea groups is 1. The van der Waals surface area contributed by atoms with Gasteiger partial charge in [0.25, 0.3) is 0 Å². The number of methoxy groups -OCH3 is 1. The summed E-state index contributed by atoms with van der Waals surface area (Å²) in [4.78, 5) is 27.4. The molecule has 1 aliphatic carbocycles. The molecule has 2 aromatic rings. The Hall–Kier alpha value is -3.28. The number of hydrogen-bond acceptors (Lipinski definition) is 3. The summed E-state index contributed by atoms with van der Waals surface area (Å²) in [6.07, 6.45) is 1.76. The minimum Gasteiger partial charge on any atom is -0.495 e. The third-order valence-electron chi connectivity index (χ3n) is 6.11. The largest absolute Gasteiger partial charge is 0.495 e. The Labute approximate surface area is 183 Å². The second kappa shape index (κ2) is 8.84.